The molecule has 0 spiro atoms. The lowest BCUT2D eigenvalue weighted by atomic mass is 10.2. The van der Waals surface area contributed by atoms with Crippen LogP contribution in [0.5, 0.6) is 0 Å². The topological polar surface area (TPSA) is 112 Å². The molecule has 1 aliphatic heterocycles. The molecule has 1 saturated heterocycles. The third-order valence-electron chi connectivity index (χ3n) is 3.26. The summed E-state index contributed by atoms with van der Waals surface area (Å²) in [5, 5.41) is 14.2. The number of carboxylic acids is 1. The van der Waals surface area contributed by atoms with E-state index in [0.717, 1.165) is 4.90 Å². The Morgan fingerprint density at radius 2 is 2.24 bits per heavy atom. The molecular weight excluding hydrogens is 278 g/mol. The Balaban J connectivity index is 2.06. The minimum atomic E-state index is -1.16. The van der Waals surface area contributed by atoms with Gasteiger partial charge in [-0.2, -0.15) is 0 Å². The molecule has 2 heterocycles. The van der Waals surface area contributed by atoms with E-state index < -0.39 is 24.1 Å². The minimum Gasteiger partial charge on any atom is -0.480 e. The zero-order valence-corrected chi connectivity index (χ0v) is 11.8. The van der Waals surface area contributed by atoms with Crippen LogP contribution in [0, 0.1) is 6.92 Å². The van der Waals surface area contributed by atoms with E-state index >= 15 is 0 Å². The highest BCUT2D eigenvalue weighted by atomic mass is 16.4. The molecule has 3 N–H and O–H groups in total. The number of hydrogen-bond acceptors (Lipinski definition) is 4. The Labute approximate surface area is 121 Å². The zero-order chi connectivity index (χ0) is 15.6. The van der Waals surface area contributed by atoms with Crippen molar-refractivity contribution < 1.29 is 23.9 Å². The first-order valence-corrected chi connectivity index (χ1v) is 6.51. The molecule has 1 fully saturated rings. The number of urea groups is 1. The van der Waals surface area contributed by atoms with Gasteiger partial charge in [-0.25, -0.2) is 9.59 Å². The number of carbonyl (C=O) groups is 3. The van der Waals surface area contributed by atoms with Crippen LogP contribution in [0.2, 0.25) is 0 Å². The van der Waals surface area contributed by atoms with Crippen LogP contribution in [0.3, 0.4) is 0 Å². The van der Waals surface area contributed by atoms with Gasteiger partial charge in [-0.15, -0.1) is 0 Å². The summed E-state index contributed by atoms with van der Waals surface area (Å²) in [6.45, 7) is 3.12. The lowest BCUT2D eigenvalue weighted by molar-refractivity contribution is -0.144. The summed E-state index contributed by atoms with van der Waals surface area (Å²) < 4.78 is 5.40. The number of rotatable bonds is 3. The van der Waals surface area contributed by atoms with Gasteiger partial charge >= 0.3 is 12.0 Å². The first-order valence-electron chi connectivity index (χ1n) is 6.51. The van der Waals surface area contributed by atoms with Gasteiger partial charge in [0, 0.05) is 6.54 Å². The van der Waals surface area contributed by atoms with E-state index in [1.807, 2.05) is 0 Å². The Bertz CT molecular complexity index is 568. The Morgan fingerprint density at radius 1 is 1.52 bits per heavy atom. The number of aliphatic carboxylic acids is 1. The number of furan rings is 1. The van der Waals surface area contributed by atoms with Gasteiger partial charge in [0.25, 0.3) is 0 Å². The van der Waals surface area contributed by atoms with Gasteiger partial charge in [0.2, 0.25) is 5.91 Å². The third kappa shape index (κ3) is 3.33. The summed E-state index contributed by atoms with van der Waals surface area (Å²) in [6, 6.07) is 1.39. The summed E-state index contributed by atoms with van der Waals surface area (Å²) in [5.41, 5.74) is 0. The van der Waals surface area contributed by atoms with Crippen LogP contribution in [-0.4, -0.2) is 47.0 Å². The molecule has 3 amide bonds. The Hall–Kier alpha value is -2.51. The molecule has 114 valence electrons. The van der Waals surface area contributed by atoms with E-state index in [2.05, 4.69) is 10.6 Å². The smallest absolute Gasteiger partial charge is 0.328 e. The maximum absolute atomic E-state index is 12.2. The predicted molar refractivity (Wildman–Crippen MR) is 71.5 cm³/mol. The van der Waals surface area contributed by atoms with Gasteiger partial charge in [-0.05, 0) is 26.0 Å². The van der Waals surface area contributed by atoms with Crippen LogP contribution in [0.4, 0.5) is 4.79 Å². The number of nitrogens with one attached hydrogen (secondary N) is 2. The third-order valence-corrected chi connectivity index (χ3v) is 3.26. The highest BCUT2D eigenvalue weighted by molar-refractivity contribution is 5.90. The SMILES string of the molecule is Cc1ccc(C(C)NC(=O)N2CC(=O)NCC2C(=O)O)o1. The Morgan fingerprint density at radius 3 is 2.81 bits per heavy atom. The number of carboxylic acid groups (broad SMARTS) is 1. The summed E-state index contributed by atoms with van der Waals surface area (Å²) in [4.78, 5) is 35.7. The van der Waals surface area contributed by atoms with E-state index in [4.69, 9.17) is 9.52 Å². The van der Waals surface area contributed by atoms with Crippen LogP contribution in [0.15, 0.2) is 16.5 Å². The van der Waals surface area contributed by atoms with Crippen molar-refractivity contribution in [2.45, 2.75) is 25.9 Å². The molecule has 2 atom stereocenters. The summed E-state index contributed by atoms with van der Waals surface area (Å²) in [7, 11) is 0. The van der Waals surface area contributed by atoms with Gasteiger partial charge in [0.1, 0.15) is 24.1 Å². The lowest BCUT2D eigenvalue weighted by Gasteiger charge is -2.33. The highest BCUT2D eigenvalue weighted by Crippen LogP contribution is 2.16. The zero-order valence-electron chi connectivity index (χ0n) is 11.8. The van der Waals surface area contributed by atoms with Crippen LogP contribution < -0.4 is 10.6 Å². The van der Waals surface area contributed by atoms with E-state index in [1.54, 1.807) is 26.0 Å². The molecule has 1 aromatic heterocycles. The van der Waals surface area contributed by atoms with Crippen LogP contribution in [-0.2, 0) is 9.59 Å². The number of aryl methyl sites for hydroxylation is 1. The summed E-state index contributed by atoms with van der Waals surface area (Å²) in [6.07, 6.45) is 0. The van der Waals surface area contributed by atoms with Crippen molar-refractivity contribution in [3.63, 3.8) is 0 Å². The van der Waals surface area contributed by atoms with Gasteiger partial charge in [0.15, 0.2) is 0 Å². The predicted octanol–water partition coefficient (Wildman–Crippen LogP) is 0.244. The monoisotopic (exact) mass is 295 g/mol. The number of carbonyl (C=O) groups excluding carboxylic acids is 2. The van der Waals surface area contributed by atoms with Crippen molar-refractivity contribution in [3.05, 3.63) is 23.7 Å². The quantitative estimate of drug-likeness (QED) is 0.739. The molecule has 8 nitrogen and oxygen atoms in total. The molecule has 0 saturated carbocycles. The number of piperazine rings is 1. The van der Waals surface area contributed by atoms with Crippen molar-refractivity contribution in [1.82, 2.24) is 15.5 Å². The second-order valence-electron chi connectivity index (χ2n) is 4.91. The largest absolute Gasteiger partial charge is 0.480 e. The number of nitrogens with zero attached hydrogens (tertiary/aromatic N) is 1. The number of amides is 3. The van der Waals surface area contributed by atoms with E-state index in [-0.39, 0.29) is 19.0 Å². The normalized spacial score (nSPS) is 19.8. The molecule has 2 rings (SSSR count). The second kappa shape index (κ2) is 5.86. The molecule has 2 unspecified atom stereocenters. The van der Waals surface area contributed by atoms with Gasteiger partial charge in [-0.3, -0.25) is 9.69 Å². The van der Waals surface area contributed by atoms with Crippen molar-refractivity contribution in [1.29, 1.82) is 0 Å². The highest BCUT2D eigenvalue weighted by Gasteiger charge is 2.35. The van der Waals surface area contributed by atoms with E-state index in [9.17, 15) is 14.4 Å². The minimum absolute atomic E-state index is 0.101. The molecule has 0 bridgehead atoms. The van der Waals surface area contributed by atoms with Crippen LogP contribution >= 0.6 is 0 Å². The Kier molecular flexibility index (Phi) is 4.15. The van der Waals surface area contributed by atoms with Gasteiger partial charge < -0.3 is 20.2 Å². The van der Waals surface area contributed by atoms with E-state index in [1.165, 1.54) is 0 Å². The molecule has 0 aliphatic carbocycles. The fraction of sp³-hybridized carbons (Fsp3) is 0.462. The maximum Gasteiger partial charge on any atom is 0.328 e. The average molecular weight is 295 g/mol. The maximum atomic E-state index is 12.2. The van der Waals surface area contributed by atoms with Crippen LogP contribution in [0.1, 0.15) is 24.5 Å². The molecule has 1 aromatic rings. The summed E-state index contributed by atoms with van der Waals surface area (Å²) in [5.74, 6) is -0.267. The summed E-state index contributed by atoms with van der Waals surface area (Å²) >= 11 is 0. The average Bonchev–Trinajstić information content (AvgIpc) is 2.85. The second-order valence-corrected chi connectivity index (χ2v) is 4.91. The standard InChI is InChI=1S/C13H17N3O5/c1-7-3-4-10(21-7)8(2)15-13(20)16-6-11(17)14-5-9(16)12(18)19/h3-4,8-9H,5-6H2,1-2H3,(H,14,17)(H,15,20)(H,18,19). The number of hydrogen-bond donors (Lipinski definition) is 3. The molecule has 21 heavy (non-hydrogen) atoms. The fourth-order valence-corrected chi connectivity index (χ4v) is 2.10. The van der Waals surface area contributed by atoms with E-state index in [0.29, 0.717) is 11.5 Å². The molecule has 0 radical (unpaired) electrons. The fourth-order valence-electron chi connectivity index (χ4n) is 2.10. The molecule has 0 aromatic carbocycles. The lowest BCUT2D eigenvalue weighted by Crippen LogP contribution is -2.61. The first kappa shape index (κ1) is 14.9. The van der Waals surface area contributed by atoms with Crippen LogP contribution in [0.25, 0.3) is 0 Å². The van der Waals surface area contributed by atoms with Gasteiger partial charge in [0.05, 0.1) is 6.04 Å². The molecular formula is C13H17N3O5. The first-order chi connectivity index (χ1) is 9.88. The van der Waals surface area contributed by atoms with Crippen molar-refractivity contribution in [2.24, 2.45) is 0 Å². The van der Waals surface area contributed by atoms with Crippen molar-refractivity contribution >= 4 is 17.9 Å². The molecule has 1 aliphatic rings. The van der Waals surface area contributed by atoms with Crippen molar-refractivity contribution in [3.8, 4) is 0 Å². The molecule has 8 heteroatoms. The van der Waals surface area contributed by atoms with Crippen molar-refractivity contribution in [2.75, 3.05) is 13.1 Å². The van der Waals surface area contributed by atoms with Gasteiger partial charge in [-0.1, -0.05) is 0 Å².